The molecule has 7 heteroatoms. The molecule has 0 aliphatic heterocycles. The molecule has 94 valence electrons. The third kappa shape index (κ3) is 3.44. The lowest BCUT2D eigenvalue weighted by Crippen LogP contribution is -2.30. The summed E-state index contributed by atoms with van der Waals surface area (Å²) in [6.07, 6.45) is 0. The minimum Gasteiger partial charge on any atom is -0.326 e. The normalized spacial score (nSPS) is 12.4. The molecule has 0 saturated carbocycles. The number of benzene rings is 1. The van der Waals surface area contributed by atoms with Crippen molar-refractivity contribution in [3.8, 4) is 0 Å². The average Bonchev–Trinajstić information content (AvgIpc) is 2.15. The Hall–Kier alpha value is -0.580. The Kier molecular flexibility index (Phi) is 4.23. The molecule has 0 saturated heterocycles. The van der Waals surface area contributed by atoms with Gasteiger partial charge in [0.25, 0.3) is 3.79 Å². The maximum Gasteiger partial charge on any atom is 0.319 e. The van der Waals surface area contributed by atoms with Crippen molar-refractivity contribution in [2.24, 2.45) is 0 Å². The smallest absolute Gasteiger partial charge is 0.319 e. The van der Waals surface area contributed by atoms with Gasteiger partial charge in [0, 0.05) is 18.2 Å². The van der Waals surface area contributed by atoms with Gasteiger partial charge in [0.05, 0.1) is 0 Å². The fraction of sp³-hybridized carbons (Fsp3) is 0.300. The predicted molar refractivity (Wildman–Crippen MR) is 64.9 cm³/mol. The van der Waals surface area contributed by atoms with Crippen LogP contribution in [0.25, 0.3) is 0 Å². The van der Waals surface area contributed by atoms with Crippen LogP contribution >= 0.6 is 34.8 Å². The Morgan fingerprint density at radius 2 is 1.88 bits per heavy atom. The van der Waals surface area contributed by atoms with Crippen molar-refractivity contribution < 1.29 is 13.6 Å². The van der Waals surface area contributed by atoms with Gasteiger partial charge in [-0.2, -0.15) is 8.78 Å². The molecule has 0 aliphatic rings. The largest absolute Gasteiger partial charge is 0.326 e. The van der Waals surface area contributed by atoms with Crippen molar-refractivity contribution in [2.45, 2.75) is 16.6 Å². The van der Waals surface area contributed by atoms with Gasteiger partial charge in [0.2, 0.25) is 5.91 Å². The molecule has 0 radical (unpaired) electrons. The zero-order valence-electron chi connectivity index (χ0n) is 8.61. The Bertz CT molecular complexity index is 432. The van der Waals surface area contributed by atoms with E-state index in [2.05, 4.69) is 5.32 Å². The molecule has 1 N–H and O–H groups in total. The zero-order chi connectivity index (χ0) is 13.3. The van der Waals surface area contributed by atoms with Crippen molar-refractivity contribution in [1.29, 1.82) is 0 Å². The Morgan fingerprint density at radius 3 is 2.35 bits per heavy atom. The van der Waals surface area contributed by atoms with Crippen LogP contribution < -0.4 is 5.32 Å². The van der Waals surface area contributed by atoms with Gasteiger partial charge in [-0.1, -0.05) is 46.9 Å². The van der Waals surface area contributed by atoms with Crippen molar-refractivity contribution in [2.75, 3.05) is 5.32 Å². The number of hydrogen-bond donors (Lipinski definition) is 1. The molecule has 2 nitrogen and oxygen atoms in total. The van der Waals surface area contributed by atoms with Crippen LogP contribution in [-0.4, -0.2) is 9.70 Å². The summed E-state index contributed by atoms with van der Waals surface area (Å²) in [4.78, 5) is 10.8. The van der Waals surface area contributed by atoms with E-state index < -0.39 is 15.3 Å². The minimum absolute atomic E-state index is 0.212. The number of amides is 1. The SMILES string of the molecule is CC(=O)Nc1cccc(C(F)(F)C(Cl)(Cl)Cl)c1. The third-order valence-electron chi connectivity index (χ3n) is 1.90. The van der Waals surface area contributed by atoms with Crippen LogP contribution in [0.1, 0.15) is 12.5 Å². The summed E-state index contributed by atoms with van der Waals surface area (Å²) in [6, 6.07) is 4.97. The highest BCUT2D eigenvalue weighted by molar-refractivity contribution is 6.68. The number of nitrogens with one attached hydrogen (secondary N) is 1. The Balaban J connectivity index is 3.11. The van der Waals surface area contributed by atoms with E-state index in [0.29, 0.717) is 0 Å². The first-order chi connectivity index (χ1) is 7.64. The van der Waals surface area contributed by atoms with Crippen LogP contribution in [-0.2, 0) is 10.7 Å². The van der Waals surface area contributed by atoms with Gasteiger partial charge in [-0.25, -0.2) is 0 Å². The van der Waals surface area contributed by atoms with Crippen LogP contribution in [0.3, 0.4) is 0 Å². The second-order valence-electron chi connectivity index (χ2n) is 3.33. The predicted octanol–water partition coefficient (Wildman–Crippen LogP) is 4.11. The molecular weight excluding hydrogens is 294 g/mol. The molecule has 1 rings (SSSR count). The number of carbonyl (C=O) groups excluding carboxylic acids is 1. The number of hydrogen-bond acceptors (Lipinski definition) is 1. The molecule has 0 heterocycles. The zero-order valence-corrected chi connectivity index (χ0v) is 10.9. The van der Waals surface area contributed by atoms with E-state index in [-0.39, 0.29) is 11.6 Å². The van der Waals surface area contributed by atoms with Crippen molar-refractivity contribution >= 4 is 46.4 Å². The summed E-state index contributed by atoms with van der Waals surface area (Å²) < 4.78 is 24.6. The van der Waals surface area contributed by atoms with Gasteiger partial charge in [-0.05, 0) is 12.1 Å². The van der Waals surface area contributed by atoms with Gasteiger partial charge in [-0.3, -0.25) is 4.79 Å². The number of anilines is 1. The highest BCUT2D eigenvalue weighted by atomic mass is 35.6. The maximum absolute atomic E-state index is 13.7. The number of carbonyl (C=O) groups is 1. The first kappa shape index (κ1) is 14.5. The van der Waals surface area contributed by atoms with Crippen molar-refractivity contribution in [3.05, 3.63) is 29.8 Å². The number of halogens is 5. The van der Waals surface area contributed by atoms with E-state index in [9.17, 15) is 13.6 Å². The lowest BCUT2D eigenvalue weighted by atomic mass is 10.1. The summed E-state index contributed by atoms with van der Waals surface area (Å²) in [5.41, 5.74) is -0.271. The van der Waals surface area contributed by atoms with E-state index in [0.717, 1.165) is 12.1 Å². The van der Waals surface area contributed by atoms with Gasteiger partial charge in [-0.15, -0.1) is 0 Å². The van der Waals surface area contributed by atoms with Crippen LogP contribution in [0.15, 0.2) is 24.3 Å². The quantitative estimate of drug-likeness (QED) is 0.819. The molecule has 17 heavy (non-hydrogen) atoms. The van der Waals surface area contributed by atoms with Crippen LogP contribution in [0.5, 0.6) is 0 Å². The lowest BCUT2D eigenvalue weighted by molar-refractivity contribution is -0.114. The van der Waals surface area contributed by atoms with E-state index in [4.69, 9.17) is 34.8 Å². The Labute approximate surface area is 112 Å². The standard InChI is InChI=1S/C10H8Cl3F2NO/c1-6(17)16-8-4-2-3-7(5-8)9(14,15)10(11,12)13/h2-5H,1H3,(H,16,17). The fourth-order valence-corrected chi connectivity index (χ4v) is 1.49. The first-order valence-corrected chi connectivity index (χ1v) is 5.60. The molecule has 1 aromatic carbocycles. The van der Waals surface area contributed by atoms with Crippen LogP contribution in [0, 0.1) is 0 Å². The fourth-order valence-electron chi connectivity index (χ4n) is 1.16. The van der Waals surface area contributed by atoms with E-state index in [1.54, 1.807) is 0 Å². The summed E-state index contributed by atoms with van der Waals surface area (Å²) >= 11 is 15.6. The molecule has 0 atom stereocenters. The second-order valence-corrected chi connectivity index (χ2v) is 5.62. The third-order valence-corrected chi connectivity index (χ3v) is 2.61. The van der Waals surface area contributed by atoms with Gasteiger partial charge in [0.1, 0.15) is 0 Å². The van der Waals surface area contributed by atoms with E-state index in [1.165, 1.54) is 19.1 Å². The number of alkyl halides is 5. The molecule has 0 fully saturated rings. The van der Waals surface area contributed by atoms with E-state index in [1.807, 2.05) is 0 Å². The minimum atomic E-state index is -3.65. The summed E-state index contributed by atoms with van der Waals surface area (Å²) in [5.74, 6) is -4.02. The maximum atomic E-state index is 13.7. The second kappa shape index (κ2) is 4.96. The molecular formula is C10H8Cl3F2NO. The monoisotopic (exact) mass is 301 g/mol. The topological polar surface area (TPSA) is 29.1 Å². The van der Waals surface area contributed by atoms with E-state index >= 15 is 0 Å². The van der Waals surface area contributed by atoms with Gasteiger partial charge in [0.15, 0.2) is 0 Å². The van der Waals surface area contributed by atoms with Crippen LogP contribution in [0.2, 0.25) is 0 Å². The molecule has 1 aromatic rings. The van der Waals surface area contributed by atoms with Crippen molar-refractivity contribution in [3.63, 3.8) is 0 Å². The average molecular weight is 303 g/mol. The highest BCUT2D eigenvalue weighted by Crippen LogP contribution is 2.49. The lowest BCUT2D eigenvalue weighted by Gasteiger charge is -2.24. The van der Waals surface area contributed by atoms with Gasteiger partial charge < -0.3 is 5.32 Å². The Morgan fingerprint density at radius 1 is 1.29 bits per heavy atom. The van der Waals surface area contributed by atoms with Crippen molar-refractivity contribution in [1.82, 2.24) is 0 Å². The summed E-state index contributed by atoms with van der Waals surface area (Å²) in [6.45, 7) is 1.26. The first-order valence-electron chi connectivity index (χ1n) is 4.47. The van der Waals surface area contributed by atoms with Gasteiger partial charge >= 0.3 is 5.92 Å². The molecule has 0 aliphatic carbocycles. The molecule has 0 unspecified atom stereocenters. The molecule has 0 bridgehead atoms. The molecule has 1 amide bonds. The molecule has 0 aromatic heterocycles. The summed E-state index contributed by atoms with van der Waals surface area (Å²) in [7, 11) is 0. The number of rotatable bonds is 2. The summed E-state index contributed by atoms with van der Waals surface area (Å²) in [5, 5.41) is 2.37. The molecule has 0 spiro atoms. The van der Waals surface area contributed by atoms with Crippen LogP contribution in [0.4, 0.5) is 14.5 Å². The highest BCUT2D eigenvalue weighted by Gasteiger charge is 2.51.